The van der Waals surface area contributed by atoms with E-state index in [-0.39, 0.29) is 11.7 Å². The number of nitrogens with one attached hydrogen (secondary N) is 1. The zero-order chi connectivity index (χ0) is 18.2. The van der Waals surface area contributed by atoms with E-state index in [0.29, 0.717) is 11.7 Å². The third-order valence-electron chi connectivity index (χ3n) is 3.37. The van der Waals surface area contributed by atoms with E-state index in [4.69, 9.17) is 0 Å². The van der Waals surface area contributed by atoms with Gasteiger partial charge in [-0.25, -0.2) is 0 Å². The molecule has 0 aliphatic rings. The van der Waals surface area contributed by atoms with Gasteiger partial charge in [-0.1, -0.05) is 59.9 Å². The first-order valence-electron chi connectivity index (χ1n) is 7.99. The Balaban J connectivity index is 1.62. The Hall–Kier alpha value is -2.51. The van der Waals surface area contributed by atoms with Crippen LogP contribution in [-0.2, 0) is 11.3 Å². The highest BCUT2D eigenvalue weighted by molar-refractivity contribution is 8.00. The van der Waals surface area contributed by atoms with Crippen molar-refractivity contribution in [3.63, 3.8) is 0 Å². The van der Waals surface area contributed by atoms with E-state index in [9.17, 15) is 4.79 Å². The maximum Gasteiger partial charge on any atom is 0.234 e. The molecular weight excluding hydrogens is 364 g/mol. The zero-order valence-corrected chi connectivity index (χ0v) is 15.7. The van der Waals surface area contributed by atoms with Crippen LogP contribution in [0.15, 0.2) is 88.5 Å². The Morgan fingerprint density at radius 3 is 2.73 bits per heavy atom. The van der Waals surface area contributed by atoms with Gasteiger partial charge in [0, 0.05) is 16.3 Å². The zero-order valence-electron chi connectivity index (χ0n) is 14.0. The summed E-state index contributed by atoms with van der Waals surface area (Å²) in [7, 11) is 0. The summed E-state index contributed by atoms with van der Waals surface area (Å²) in [5.41, 5.74) is 0.805. The van der Waals surface area contributed by atoms with Crippen molar-refractivity contribution >= 4 is 35.1 Å². The van der Waals surface area contributed by atoms with Crippen LogP contribution >= 0.6 is 23.5 Å². The van der Waals surface area contributed by atoms with Crippen molar-refractivity contribution < 1.29 is 4.79 Å². The number of carbonyl (C=O) groups excluding carboxylic acids is 1. The number of nitrogens with zero attached hydrogens (tertiary/aromatic N) is 3. The van der Waals surface area contributed by atoms with E-state index in [1.54, 1.807) is 24.2 Å². The summed E-state index contributed by atoms with van der Waals surface area (Å²) in [5.74, 6) is 0.185. The molecule has 3 rings (SSSR count). The van der Waals surface area contributed by atoms with Gasteiger partial charge in [-0.3, -0.25) is 4.79 Å². The molecule has 0 saturated carbocycles. The summed E-state index contributed by atoms with van der Waals surface area (Å²) in [5, 5.41) is 11.6. The van der Waals surface area contributed by atoms with Crippen molar-refractivity contribution in [3.8, 4) is 0 Å². The standard InChI is InChI=1S/C19H18N4OS2/c1-2-12-23-14-20-22-19(23)25-13-18(24)21-16-10-6-7-11-17(16)26-15-8-4-3-5-9-15/h2-11,14H,1,12-13H2,(H,21,24). The number of carbonyl (C=O) groups is 1. The molecule has 0 spiro atoms. The van der Waals surface area contributed by atoms with E-state index in [1.807, 2.05) is 59.2 Å². The molecule has 26 heavy (non-hydrogen) atoms. The number of hydrogen-bond donors (Lipinski definition) is 1. The average molecular weight is 383 g/mol. The molecule has 2 aromatic carbocycles. The van der Waals surface area contributed by atoms with Crippen LogP contribution in [-0.4, -0.2) is 26.4 Å². The molecular formula is C19H18N4OS2. The fraction of sp³-hybridized carbons (Fsp3) is 0.105. The first kappa shape index (κ1) is 18.3. The minimum absolute atomic E-state index is 0.0794. The molecule has 0 saturated heterocycles. The summed E-state index contributed by atoms with van der Waals surface area (Å²) in [6, 6.07) is 17.9. The molecule has 7 heteroatoms. The first-order chi connectivity index (χ1) is 12.8. The van der Waals surface area contributed by atoms with Gasteiger partial charge in [-0.2, -0.15) is 0 Å². The normalized spacial score (nSPS) is 10.5. The minimum Gasteiger partial charge on any atom is -0.324 e. The van der Waals surface area contributed by atoms with Crippen molar-refractivity contribution in [3.05, 3.63) is 73.6 Å². The largest absolute Gasteiger partial charge is 0.324 e. The number of allylic oxidation sites excluding steroid dienone is 1. The molecule has 1 heterocycles. The number of amides is 1. The lowest BCUT2D eigenvalue weighted by Gasteiger charge is -2.10. The molecule has 0 bridgehead atoms. The molecule has 5 nitrogen and oxygen atoms in total. The van der Waals surface area contributed by atoms with E-state index >= 15 is 0 Å². The molecule has 132 valence electrons. The summed E-state index contributed by atoms with van der Waals surface area (Å²) in [6.45, 7) is 4.32. The number of aromatic nitrogens is 3. The van der Waals surface area contributed by atoms with Crippen LogP contribution in [0.2, 0.25) is 0 Å². The second-order valence-corrected chi connectivity index (χ2v) is 7.36. The Morgan fingerprint density at radius 1 is 1.15 bits per heavy atom. The highest BCUT2D eigenvalue weighted by atomic mass is 32.2. The van der Waals surface area contributed by atoms with Crippen molar-refractivity contribution in [2.75, 3.05) is 11.1 Å². The lowest BCUT2D eigenvalue weighted by molar-refractivity contribution is -0.113. The highest BCUT2D eigenvalue weighted by Gasteiger charge is 2.11. The van der Waals surface area contributed by atoms with E-state index in [0.717, 1.165) is 15.5 Å². The van der Waals surface area contributed by atoms with Crippen LogP contribution in [0.25, 0.3) is 0 Å². The van der Waals surface area contributed by atoms with Crippen molar-refractivity contribution in [2.45, 2.75) is 21.5 Å². The fourth-order valence-electron chi connectivity index (χ4n) is 2.21. The Labute approximate surface area is 160 Å². The summed E-state index contributed by atoms with van der Waals surface area (Å²) in [6.07, 6.45) is 3.40. The van der Waals surface area contributed by atoms with Gasteiger partial charge in [0.05, 0.1) is 11.4 Å². The highest BCUT2D eigenvalue weighted by Crippen LogP contribution is 2.33. The second-order valence-electron chi connectivity index (χ2n) is 5.30. The molecule has 0 aliphatic carbocycles. The molecule has 0 fully saturated rings. The summed E-state index contributed by atoms with van der Waals surface area (Å²) < 4.78 is 1.85. The molecule has 0 aliphatic heterocycles. The Kier molecular flexibility index (Phi) is 6.51. The summed E-state index contributed by atoms with van der Waals surface area (Å²) in [4.78, 5) is 14.5. The SMILES string of the molecule is C=CCn1cnnc1SCC(=O)Nc1ccccc1Sc1ccccc1. The van der Waals surface area contributed by atoms with Crippen molar-refractivity contribution in [1.82, 2.24) is 14.8 Å². The molecule has 1 amide bonds. The number of thioether (sulfide) groups is 1. The minimum atomic E-state index is -0.0794. The van der Waals surface area contributed by atoms with Gasteiger partial charge in [-0.05, 0) is 24.3 Å². The topological polar surface area (TPSA) is 59.8 Å². The van der Waals surface area contributed by atoms with E-state index in [2.05, 4.69) is 22.1 Å². The quantitative estimate of drug-likeness (QED) is 0.464. The van der Waals surface area contributed by atoms with Crippen LogP contribution in [0.1, 0.15) is 0 Å². The fourth-order valence-corrected chi connectivity index (χ4v) is 3.86. The van der Waals surface area contributed by atoms with Gasteiger partial charge < -0.3 is 9.88 Å². The number of para-hydroxylation sites is 1. The number of anilines is 1. The maximum absolute atomic E-state index is 12.4. The van der Waals surface area contributed by atoms with Gasteiger partial charge in [0.25, 0.3) is 0 Å². The van der Waals surface area contributed by atoms with Crippen molar-refractivity contribution in [2.24, 2.45) is 0 Å². The lowest BCUT2D eigenvalue weighted by atomic mass is 10.3. The van der Waals surface area contributed by atoms with Gasteiger partial charge >= 0.3 is 0 Å². The van der Waals surface area contributed by atoms with Crippen molar-refractivity contribution in [1.29, 1.82) is 0 Å². The lowest BCUT2D eigenvalue weighted by Crippen LogP contribution is -2.15. The molecule has 0 atom stereocenters. The first-order valence-corrected chi connectivity index (χ1v) is 9.80. The Bertz CT molecular complexity index is 880. The second kappa shape index (κ2) is 9.26. The molecule has 1 N–H and O–H groups in total. The predicted molar refractivity (Wildman–Crippen MR) is 107 cm³/mol. The maximum atomic E-state index is 12.4. The average Bonchev–Trinajstić information content (AvgIpc) is 3.10. The van der Waals surface area contributed by atoms with Crippen LogP contribution < -0.4 is 5.32 Å². The smallest absolute Gasteiger partial charge is 0.234 e. The van der Waals surface area contributed by atoms with E-state index < -0.39 is 0 Å². The van der Waals surface area contributed by atoms with Crippen LogP contribution in [0, 0.1) is 0 Å². The van der Waals surface area contributed by atoms with Crippen LogP contribution in [0.5, 0.6) is 0 Å². The van der Waals surface area contributed by atoms with Gasteiger partial charge in [0.2, 0.25) is 5.91 Å². The van der Waals surface area contributed by atoms with Gasteiger partial charge in [0.1, 0.15) is 6.33 Å². The number of hydrogen-bond acceptors (Lipinski definition) is 5. The van der Waals surface area contributed by atoms with Gasteiger partial charge in [-0.15, -0.1) is 16.8 Å². The van der Waals surface area contributed by atoms with Gasteiger partial charge in [0.15, 0.2) is 5.16 Å². The third-order valence-corrected chi connectivity index (χ3v) is 5.43. The summed E-state index contributed by atoms with van der Waals surface area (Å²) >= 11 is 2.98. The van der Waals surface area contributed by atoms with Crippen LogP contribution in [0.4, 0.5) is 5.69 Å². The molecule has 3 aromatic rings. The number of benzene rings is 2. The Morgan fingerprint density at radius 2 is 1.92 bits per heavy atom. The van der Waals surface area contributed by atoms with E-state index in [1.165, 1.54) is 11.8 Å². The predicted octanol–water partition coefficient (Wildman–Crippen LogP) is 4.35. The monoisotopic (exact) mass is 382 g/mol. The number of rotatable bonds is 8. The third kappa shape index (κ3) is 5.00. The molecule has 0 unspecified atom stereocenters. The molecule has 1 aromatic heterocycles. The molecule has 0 radical (unpaired) electrons. The van der Waals surface area contributed by atoms with Crippen LogP contribution in [0.3, 0.4) is 0 Å².